The normalized spacial score (nSPS) is 9.89. The first-order chi connectivity index (χ1) is 9.24. The van der Waals surface area contributed by atoms with Crippen LogP contribution >= 0.6 is 0 Å². The SMILES string of the molecule is CCN(Cc1ccccn1)c1cc(C#N)ccc1N. The van der Waals surface area contributed by atoms with Crippen molar-refractivity contribution >= 4 is 11.4 Å². The molecule has 0 saturated heterocycles. The number of nitrogen functional groups attached to an aromatic ring is 1. The molecule has 1 heterocycles. The summed E-state index contributed by atoms with van der Waals surface area (Å²) >= 11 is 0. The lowest BCUT2D eigenvalue weighted by Gasteiger charge is -2.24. The molecule has 0 atom stereocenters. The lowest BCUT2D eigenvalue weighted by molar-refractivity contribution is 0.811. The number of nitrogens with zero attached hydrogens (tertiary/aromatic N) is 3. The fourth-order valence-corrected chi connectivity index (χ4v) is 1.94. The maximum atomic E-state index is 8.98. The molecule has 0 aliphatic carbocycles. The molecule has 0 bridgehead atoms. The molecule has 2 N–H and O–H groups in total. The zero-order valence-corrected chi connectivity index (χ0v) is 10.9. The molecule has 0 aliphatic rings. The molecule has 0 radical (unpaired) electrons. The molecule has 0 fully saturated rings. The fraction of sp³-hybridized carbons (Fsp3) is 0.200. The Morgan fingerprint density at radius 3 is 2.79 bits per heavy atom. The van der Waals surface area contributed by atoms with Crippen molar-refractivity contribution in [3.8, 4) is 6.07 Å². The van der Waals surface area contributed by atoms with E-state index in [9.17, 15) is 0 Å². The van der Waals surface area contributed by atoms with E-state index in [0.29, 0.717) is 17.8 Å². The van der Waals surface area contributed by atoms with Crippen molar-refractivity contribution in [1.82, 2.24) is 4.98 Å². The lowest BCUT2D eigenvalue weighted by Crippen LogP contribution is -2.23. The van der Waals surface area contributed by atoms with Gasteiger partial charge in [0.25, 0.3) is 0 Å². The minimum absolute atomic E-state index is 0.615. The summed E-state index contributed by atoms with van der Waals surface area (Å²) in [5.74, 6) is 0. The van der Waals surface area contributed by atoms with Gasteiger partial charge in [-0.25, -0.2) is 0 Å². The van der Waals surface area contributed by atoms with E-state index in [0.717, 1.165) is 17.9 Å². The third kappa shape index (κ3) is 3.02. The minimum atomic E-state index is 0.615. The Hall–Kier alpha value is -2.54. The number of hydrogen-bond donors (Lipinski definition) is 1. The van der Waals surface area contributed by atoms with Crippen LogP contribution in [0.2, 0.25) is 0 Å². The van der Waals surface area contributed by atoms with Crippen molar-refractivity contribution in [2.75, 3.05) is 17.2 Å². The Kier molecular flexibility index (Phi) is 3.99. The van der Waals surface area contributed by atoms with Gasteiger partial charge in [0.1, 0.15) is 0 Å². The van der Waals surface area contributed by atoms with Gasteiger partial charge in [0.2, 0.25) is 0 Å². The van der Waals surface area contributed by atoms with Gasteiger partial charge in [0, 0.05) is 12.7 Å². The van der Waals surface area contributed by atoms with Gasteiger partial charge in [-0.05, 0) is 37.3 Å². The van der Waals surface area contributed by atoms with E-state index >= 15 is 0 Å². The molecular formula is C15H16N4. The van der Waals surface area contributed by atoms with Gasteiger partial charge >= 0.3 is 0 Å². The zero-order valence-electron chi connectivity index (χ0n) is 10.9. The van der Waals surface area contributed by atoms with E-state index in [-0.39, 0.29) is 0 Å². The first-order valence-electron chi connectivity index (χ1n) is 6.19. The summed E-state index contributed by atoms with van der Waals surface area (Å²) in [6.45, 7) is 3.54. The lowest BCUT2D eigenvalue weighted by atomic mass is 10.1. The molecule has 0 amide bonds. The molecular weight excluding hydrogens is 236 g/mol. The van der Waals surface area contributed by atoms with Crippen LogP contribution in [-0.2, 0) is 6.54 Å². The minimum Gasteiger partial charge on any atom is -0.397 e. The highest BCUT2D eigenvalue weighted by Gasteiger charge is 2.10. The number of nitriles is 1. The molecule has 96 valence electrons. The highest BCUT2D eigenvalue weighted by atomic mass is 15.1. The molecule has 0 saturated carbocycles. The second-order valence-electron chi connectivity index (χ2n) is 4.22. The van der Waals surface area contributed by atoms with Crippen LogP contribution in [0, 0.1) is 11.3 Å². The molecule has 4 nitrogen and oxygen atoms in total. The van der Waals surface area contributed by atoms with E-state index in [1.54, 1.807) is 18.3 Å². The average molecular weight is 252 g/mol. The Morgan fingerprint density at radius 2 is 2.16 bits per heavy atom. The summed E-state index contributed by atoms with van der Waals surface area (Å²) < 4.78 is 0. The highest BCUT2D eigenvalue weighted by Crippen LogP contribution is 2.25. The summed E-state index contributed by atoms with van der Waals surface area (Å²) in [7, 11) is 0. The van der Waals surface area contributed by atoms with Crippen LogP contribution in [0.3, 0.4) is 0 Å². The predicted molar refractivity (Wildman–Crippen MR) is 76.5 cm³/mol. The quantitative estimate of drug-likeness (QED) is 0.849. The van der Waals surface area contributed by atoms with Gasteiger partial charge in [-0.2, -0.15) is 5.26 Å². The van der Waals surface area contributed by atoms with E-state index in [1.165, 1.54) is 0 Å². The number of hydrogen-bond acceptors (Lipinski definition) is 4. The van der Waals surface area contributed by atoms with E-state index < -0.39 is 0 Å². The second kappa shape index (κ2) is 5.87. The molecule has 0 unspecified atom stereocenters. The molecule has 1 aromatic heterocycles. The molecule has 4 heteroatoms. The molecule has 0 aliphatic heterocycles. The Balaban J connectivity index is 2.30. The maximum absolute atomic E-state index is 8.98. The van der Waals surface area contributed by atoms with Crippen LogP contribution in [0.1, 0.15) is 18.2 Å². The first-order valence-corrected chi connectivity index (χ1v) is 6.19. The van der Waals surface area contributed by atoms with Gasteiger partial charge < -0.3 is 10.6 Å². The van der Waals surface area contributed by atoms with Crippen LogP contribution in [-0.4, -0.2) is 11.5 Å². The number of nitrogens with two attached hydrogens (primary N) is 1. The highest BCUT2D eigenvalue weighted by molar-refractivity contribution is 5.69. The number of aromatic nitrogens is 1. The van der Waals surface area contributed by atoms with Gasteiger partial charge in [-0.1, -0.05) is 6.07 Å². The van der Waals surface area contributed by atoms with Crippen LogP contribution in [0.5, 0.6) is 0 Å². The molecule has 0 spiro atoms. The third-order valence-electron chi connectivity index (χ3n) is 2.96. The first kappa shape index (κ1) is 12.9. The summed E-state index contributed by atoms with van der Waals surface area (Å²) in [6.07, 6.45) is 1.78. The Bertz CT molecular complexity index is 587. The topological polar surface area (TPSA) is 65.9 Å². The van der Waals surface area contributed by atoms with Crippen molar-refractivity contribution in [2.24, 2.45) is 0 Å². The van der Waals surface area contributed by atoms with Crippen LogP contribution in [0.4, 0.5) is 11.4 Å². The molecule has 19 heavy (non-hydrogen) atoms. The van der Waals surface area contributed by atoms with Crippen molar-refractivity contribution < 1.29 is 0 Å². The third-order valence-corrected chi connectivity index (χ3v) is 2.96. The number of anilines is 2. The van der Waals surface area contributed by atoms with E-state index in [1.807, 2.05) is 24.3 Å². The van der Waals surface area contributed by atoms with Crippen molar-refractivity contribution in [3.63, 3.8) is 0 Å². The van der Waals surface area contributed by atoms with Crippen molar-refractivity contribution in [2.45, 2.75) is 13.5 Å². The van der Waals surface area contributed by atoms with E-state index in [4.69, 9.17) is 11.0 Å². The smallest absolute Gasteiger partial charge is 0.0992 e. The second-order valence-corrected chi connectivity index (χ2v) is 4.22. The van der Waals surface area contributed by atoms with Crippen LogP contribution in [0.15, 0.2) is 42.6 Å². The maximum Gasteiger partial charge on any atom is 0.0992 e. The zero-order chi connectivity index (χ0) is 13.7. The van der Waals surface area contributed by atoms with Crippen molar-refractivity contribution in [3.05, 3.63) is 53.9 Å². The summed E-state index contributed by atoms with van der Waals surface area (Å²) in [5.41, 5.74) is 9.15. The van der Waals surface area contributed by atoms with E-state index in [2.05, 4.69) is 22.9 Å². The number of rotatable bonds is 4. The standard InChI is InChI=1S/C15H16N4/c1-2-19(11-13-5-3-4-8-18-13)15-9-12(10-16)6-7-14(15)17/h3-9H,2,11,17H2,1H3. The van der Waals surface area contributed by atoms with Crippen molar-refractivity contribution in [1.29, 1.82) is 5.26 Å². The predicted octanol–water partition coefficient (Wildman–Crippen LogP) is 2.56. The molecule has 2 aromatic rings. The summed E-state index contributed by atoms with van der Waals surface area (Å²) in [4.78, 5) is 6.43. The monoisotopic (exact) mass is 252 g/mol. The fourth-order valence-electron chi connectivity index (χ4n) is 1.94. The summed E-state index contributed by atoms with van der Waals surface area (Å²) in [6, 6.07) is 13.3. The van der Waals surface area contributed by atoms with Crippen LogP contribution in [0.25, 0.3) is 0 Å². The van der Waals surface area contributed by atoms with Gasteiger partial charge in [0.05, 0.1) is 35.2 Å². The largest absolute Gasteiger partial charge is 0.397 e. The van der Waals surface area contributed by atoms with Gasteiger partial charge in [-0.3, -0.25) is 4.98 Å². The molecule has 2 rings (SSSR count). The van der Waals surface area contributed by atoms with Crippen LogP contribution < -0.4 is 10.6 Å². The van der Waals surface area contributed by atoms with Gasteiger partial charge in [-0.15, -0.1) is 0 Å². The Morgan fingerprint density at radius 1 is 1.32 bits per heavy atom. The number of pyridine rings is 1. The summed E-state index contributed by atoms with van der Waals surface area (Å²) in [5, 5.41) is 8.98. The average Bonchev–Trinajstić information content (AvgIpc) is 2.47. The van der Waals surface area contributed by atoms with Gasteiger partial charge in [0.15, 0.2) is 0 Å². The molecule has 1 aromatic carbocycles. The Labute approximate surface area is 113 Å². The number of benzene rings is 1.